The topological polar surface area (TPSA) is 90.3 Å². The summed E-state index contributed by atoms with van der Waals surface area (Å²) in [5, 5.41) is 6.60. The second-order valence-electron chi connectivity index (χ2n) is 8.84. The monoisotopic (exact) mass is 557 g/mol. The molecule has 0 bridgehead atoms. The van der Waals surface area contributed by atoms with Crippen molar-refractivity contribution in [3.05, 3.63) is 105 Å². The highest BCUT2D eigenvalue weighted by Gasteiger charge is 2.28. The van der Waals surface area contributed by atoms with Crippen LogP contribution in [0.2, 0.25) is 5.02 Å². The van der Waals surface area contributed by atoms with Gasteiger partial charge in [-0.25, -0.2) is 9.78 Å². The molecular formula is C30H24ClN3O4S. The maximum Gasteiger partial charge on any atom is 0.356 e. The summed E-state index contributed by atoms with van der Waals surface area (Å²) in [4.78, 5) is 44.4. The van der Waals surface area contributed by atoms with Crippen molar-refractivity contribution in [3.8, 4) is 22.4 Å². The number of hydrogen-bond acceptors (Lipinski definition) is 6. The van der Waals surface area contributed by atoms with Crippen molar-refractivity contribution in [2.24, 2.45) is 7.05 Å². The number of halogens is 1. The number of anilines is 1. The maximum absolute atomic E-state index is 13.6. The van der Waals surface area contributed by atoms with Gasteiger partial charge in [-0.1, -0.05) is 79.2 Å². The van der Waals surface area contributed by atoms with E-state index in [1.54, 1.807) is 55.5 Å². The van der Waals surface area contributed by atoms with Crippen molar-refractivity contribution in [2.45, 2.75) is 19.4 Å². The quantitative estimate of drug-likeness (QED) is 0.229. The molecule has 1 N–H and O–H groups in total. The Labute approximate surface area is 233 Å². The molecule has 3 aromatic carbocycles. The van der Waals surface area contributed by atoms with Crippen LogP contribution in [0.1, 0.15) is 23.8 Å². The van der Waals surface area contributed by atoms with Crippen LogP contribution in [-0.4, -0.2) is 27.5 Å². The summed E-state index contributed by atoms with van der Waals surface area (Å²) in [6.45, 7) is 1.74. The van der Waals surface area contributed by atoms with Gasteiger partial charge in [-0.05, 0) is 35.6 Å². The molecule has 0 saturated carbocycles. The standard InChI is InChI=1S/C30H24ClN3O4S/c1-3-24(27(35)33-30-32-23(17-39-30)18-9-5-4-6-10-18)38-29(37)26-25(19-13-15-20(31)16-14-19)21-11-7-8-12-22(21)28(36)34(26)2/h4-17,24H,3H2,1-2H3,(H,32,33,35). The van der Waals surface area contributed by atoms with E-state index in [4.69, 9.17) is 16.3 Å². The number of carbonyl (C=O) groups is 2. The fourth-order valence-electron chi connectivity index (χ4n) is 4.38. The minimum absolute atomic E-state index is 0.0490. The predicted octanol–water partition coefficient (Wildman–Crippen LogP) is 6.56. The molecule has 9 heteroatoms. The number of esters is 1. The first-order valence-electron chi connectivity index (χ1n) is 12.3. The summed E-state index contributed by atoms with van der Waals surface area (Å²) in [5.41, 5.74) is 2.58. The number of ether oxygens (including phenoxy) is 1. The van der Waals surface area contributed by atoms with Gasteiger partial charge in [0, 0.05) is 34.0 Å². The second kappa shape index (κ2) is 11.2. The number of rotatable bonds is 7. The van der Waals surface area contributed by atoms with Crippen LogP contribution < -0.4 is 10.9 Å². The second-order valence-corrected chi connectivity index (χ2v) is 10.1. The Morgan fingerprint density at radius 2 is 1.64 bits per heavy atom. The van der Waals surface area contributed by atoms with Gasteiger partial charge in [-0.3, -0.25) is 14.9 Å². The first-order chi connectivity index (χ1) is 18.9. The molecule has 0 aliphatic carbocycles. The highest BCUT2D eigenvalue weighted by Crippen LogP contribution is 2.32. The molecule has 5 aromatic rings. The maximum atomic E-state index is 13.6. The molecule has 2 aromatic heterocycles. The lowest BCUT2D eigenvalue weighted by atomic mass is 9.96. The molecule has 0 saturated heterocycles. The number of thiazole rings is 1. The van der Waals surface area contributed by atoms with E-state index in [0.717, 1.165) is 11.3 Å². The van der Waals surface area contributed by atoms with Crippen molar-refractivity contribution >= 4 is 50.7 Å². The van der Waals surface area contributed by atoms with Crippen molar-refractivity contribution in [3.63, 3.8) is 0 Å². The Morgan fingerprint density at radius 1 is 0.974 bits per heavy atom. The Balaban J connectivity index is 1.46. The average molecular weight is 558 g/mol. The highest BCUT2D eigenvalue weighted by molar-refractivity contribution is 7.14. The SMILES string of the molecule is CCC(OC(=O)c1c(-c2ccc(Cl)cc2)c2ccccc2c(=O)n1C)C(=O)Nc1nc(-c2ccccc2)cs1. The normalized spacial score (nSPS) is 11.8. The van der Waals surface area contributed by atoms with Crippen LogP contribution in [0.25, 0.3) is 33.2 Å². The largest absolute Gasteiger partial charge is 0.448 e. The van der Waals surface area contributed by atoms with Crippen LogP contribution in [0.5, 0.6) is 0 Å². The van der Waals surface area contributed by atoms with Gasteiger partial charge in [0.1, 0.15) is 5.69 Å². The molecule has 196 valence electrons. The van der Waals surface area contributed by atoms with Crippen molar-refractivity contribution < 1.29 is 14.3 Å². The Morgan fingerprint density at radius 3 is 2.33 bits per heavy atom. The Kier molecular flexibility index (Phi) is 7.58. The van der Waals surface area contributed by atoms with E-state index >= 15 is 0 Å². The van der Waals surface area contributed by atoms with Crippen LogP contribution in [0.15, 0.2) is 89.0 Å². The zero-order chi connectivity index (χ0) is 27.5. The number of hydrogen-bond donors (Lipinski definition) is 1. The smallest absolute Gasteiger partial charge is 0.356 e. The van der Waals surface area contributed by atoms with Crippen LogP contribution in [-0.2, 0) is 16.6 Å². The lowest BCUT2D eigenvalue weighted by Gasteiger charge is -2.20. The molecule has 0 spiro atoms. The third-order valence-corrected chi connectivity index (χ3v) is 7.36. The average Bonchev–Trinajstić information content (AvgIpc) is 3.43. The molecule has 7 nitrogen and oxygen atoms in total. The molecule has 2 heterocycles. The Bertz CT molecular complexity index is 1730. The molecule has 1 atom stereocenters. The number of benzene rings is 3. The van der Waals surface area contributed by atoms with Gasteiger partial charge < -0.3 is 9.30 Å². The first kappa shape index (κ1) is 26.3. The number of amides is 1. The molecule has 0 fully saturated rings. The molecule has 0 aliphatic rings. The molecule has 1 unspecified atom stereocenters. The van der Waals surface area contributed by atoms with Gasteiger partial charge in [0.05, 0.1) is 5.69 Å². The summed E-state index contributed by atoms with van der Waals surface area (Å²) in [6, 6.07) is 23.7. The van der Waals surface area contributed by atoms with E-state index in [1.807, 2.05) is 35.7 Å². The minimum atomic E-state index is -1.10. The summed E-state index contributed by atoms with van der Waals surface area (Å²) < 4.78 is 6.99. The summed E-state index contributed by atoms with van der Waals surface area (Å²) in [5.74, 6) is -1.28. The van der Waals surface area contributed by atoms with E-state index in [0.29, 0.717) is 32.1 Å². The number of pyridine rings is 1. The predicted molar refractivity (Wildman–Crippen MR) is 155 cm³/mol. The van der Waals surface area contributed by atoms with E-state index in [2.05, 4.69) is 10.3 Å². The lowest BCUT2D eigenvalue weighted by Crippen LogP contribution is -2.34. The molecule has 39 heavy (non-hydrogen) atoms. The number of nitrogens with zero attached hydrogens (tertiary/aromatic N) is 2. The van der Waals surface area contributed by atoms with Gasteiger partial charge in [0.2, 0.25) is 0 Å². The lowest BCUT2D eigenvalue weighted by molar-refractivity contribution is -0.124. The van der Waals surface area contributed by atoms with E-state index < -0.39 is 18.0 Å². The van der Waals surface area contributed by atoms with Gasteiger partial charge in [-0.2, -0.15) is 0 Å². The number of fused-ring (bicyclic) bond motifs is 1. The number of aromatic nitrogens is 2. The fraction of sp³-hybridized carbons (Fsp3) is 0.133. The van der Waals surface area contributed by atoms with Crippen LogP contribution in [0.3, 0.4) is 0 Å². The Hall–Kier alpha value is -4.27. The minimum Gasteiger partial charge on any atom is -0.448 e. The van der Waals surface area contributed by atoms with E-state index in [1.165, 1.54) is 23.0 Å². The van der Waals surface area contributed by atoms with Crippen LogP contribution >= 0.6 is 22.9 Å². The number of carbonyl (C=O) groups excluding carboxylic acids is 2. The highest BCUT2D eigenvalue weighted by atomic mass is 35.5. The van der Waals surface area contributed by atoms with E-state index in [9.17, 15) is 14.4 Å². The molecule has 5 rings (SSSR count). The van der Waals surface area contributed by atoms with E-state index in [-0.39, 0.29) is 17.7 Å². The zero-order valence-electron chi connectivity index (χ0n) is 21.2. The van der Waals surface area contributed by atoms with Gasteiger partial charge >= 0.3 is 5.97 Å². The van der Waals surface area contributed by atoms with Crippen LogP contribution in [0.4, 0.5) is 5.13 Å². The first-order valence-corrected chi connectivity index (χ1v) is 13.5. The molecule has 1 amide bonds. The van der Waals surface area contributed by atoms with Crippen LogP contribution in [0, 0.1) is 0 Å². The summed E-state index contributed by atoms with van der Waals surface area (Å²) in [6.07, 6.45) is -0.868. The molecular weight excluding hydrogens is 534 g/mol. The zero-order valence-corrected chi connectivity index (χ0v) is 22.8. The van der Waals surface area contributed by atoms with Crippen molar-refractivity contribution in [2.75, 3.05) is 5.32 Å². The summed E-state index contributed by atoms with van der Waals surface area (Å²) >= 11 is 7.39. The fourth-order valence-corrected chi connectivity index (χ4v) is 5.23. The van der Waals surface area contributed by atoms with Gasteiger partial charge in [0.15, 0.2) is 11.2 Å². The summed E-state index contributed by atoms with van der Waals surface area (Å²) in [7, 11) is 1.52. The molecule has 0 radical (unpaired) electrons. The van der Waals surface area contributed by atoms with Gasteiger partial charge in [-0.15, -0.1) is 11.3 Å². The third-order valence-electron chi connectivity index (χ3n) is 6.35. The van der Waals surface area contributed by atoms with Crippen molar-refractivity contribution in [1.82, 2.24) is 9.55 Å². The molecule has 0 aliphatic heterocycles. The third kappa shape index (κ3) is 5.34. The van der Waals surface area contributed by atoms with Gasteiger partial charge in [0.25, 0.3) is 11.5 Å². The number of nitrogens with one attached hydrogen (secondary N) is 1. The van der Waals surface area contributed by atoms with Crippen molar-refractivity contribution in [1.29, 1.82) is 0 Å².